The summed E-state index contributed by atoms with van der Waals surface area (Å²) in [5.74, 6) is -1.58. The minimum absolute atomic E-state index is 0.282. The molecule has 9 nitrogen and oxygen atoms in total. The lowest BCUT2D eigenvalue weighted by Gasteiger charge is -2.18. The molecule has 0 aliphatic rings. The standard InChI is InChI=1S/C34H35F2N5O4S/c1-4-37-33(43)38-23-16-14-22(15-17-23)30-26(20-39(3)18-19-45-5-2)29-31(42)41(24-10-7-6-8-11-24)34(44)40(32(29)46-30)21-25-27(35)12-9-13-28(25)36/h6-17H,4-5,18-21H2,1-3H3,(H2,37,38,43). The highest BCUT2D eigenvalue weighted by Gasteiger charge is 2.25. The van der Waals surface area contributed by atoms with Gasteiger partial charge in [-0.1, -0.05) is 36.4 Å². The molecule has 0 atom stereocenters. The second kappa shape index (κ2) is 14.6. The maximum Gasteiger partial charge on any atom is 0.337 e. The Bertz CT molecular complexity index is 1940. The van der Waals surface area contributed by atoms with Gasteiger partial charge in [-0.3, -0.25) is 14.3 Å². The predicted octanol–water partition coefficient (Wildman–Crippen LogP) is 5.82. The van der Waals surface area contributed by atoms with E-state index in [1.807, 2.05) is 37.9 Å². The van der Waals surface area contributed by atoms with Gasteiger partial charge in [-0.05, 0) is 68.4 Å². The van der Waals surface area contributed by atoms with Crippen molar-refractivity contribution in [3.8, 4) is 16.1 Å². The normalized spacial score (nSPS) is 11.3. The summed E-state index contributed by atoms with van der Waals surface area (Å²) in [4.78, 5) is 43.5. The number of urea groups is 1. The lowest BCUT2D eigenvalue weighted by atomic mass is 10.1. The molecule has 46 heavy (non-hydrogen) atoms. The summed E-state index contributed by atoms with van der Waals surface area (Å²) in [5, 5.41) is 5.75. The van der Waals surface area contributed by atoms with Crippen LogP contribution in [-0.4, -0.2) is 53.4 Å². The van der Waals surface area contributed by atoms with E-state index in [4.69, 9.17) is 4.74 Å². The van der Waals surface area contributed by atoms with Gasteiger partial charge in [0.1, 0.15) is 16.5 Å². The second-order valence-corrected chi connectivity index (χ2v) is 11.6. The zero-order valence-electron chi connectivity index (χ0n) is 25.8. The van der Waals surface area contributed by atoms with Crippen molar-refractivity contribution in [3.63, 3.8) is 0 Å². The SMILES string of the molecule is CCNC(=O)Nc1ccc(-c2sc3c(c2CN(C)CCOCC)c(=O)n(-c2ccccc2)c(=O)n3Cc2c(F)cccc2F)cc1. The molecular weight excluding hydrogens is 612 g/mol. The van der Waals surface area contributed by atoms with Crippen LogP contribution in [0.3, 0.4) is 0 Å². The van der Waals surface area contributed by atoms with Gasteiger partial charge < -0.3 is 15.4 Å². The number of para-hydroxylation sites is 1. The number of likely N-dealkylation sites (N-methyl/N-ethyl adjacent to an activating group) is 1. The van der Waals surface area contributed by atoms with Crippen LogP contribution < -0.4 is 21.9 Å². The molecule has 5 rings (SSSR count). The predicted molar refractivity (Wildman–Crippen MR) is 178 cm³/mol. The molecule has 0 aliphatic carbocycles. The number of hydrogen-bond acceptors (Lipinski definition) is 6. The van der Waals surface area contributed by atoms with Crippen molar-refractivity contribution < 1.29 is 18.3 Å². The van der Waals surface area contributed by atoms with Crippen molar-refractivity contribution >= 4 is 33.3 Å². The van der Waals surface area contributed by atoms with E-state index in [-0.39, 0.29) is 17.0 Å². The molecule has 0 radical (unpaired) electrons. The lowest BCUT2D eigenvalue weighted by molar-refractivity contribution is 0.120. The molecular formula is C34H35F2N5O4S. The largest absolute Gasteiger partial charge is 0.380 e. The highest BCUT2D eigenvalue weighted by molar-refractivity contribution is 7.22. The first-order chi connectivity index (χ1) is 22.2. The highest BCUT2D eigenvalue weighted by atomic mass is 32.1. The van der Waals surface area contributed by atoms with Gasteiger partial charge in [-0.15, -0.1) is 11.3 Å². The zero-order chi connectivity index (χ0) is 32.8. The van der Waals surface area contributed by atoms with Crippen molar-refractivity contribution in [2.24, 2.45) is 0 Å². The van der Waals surface area contributed by atoms with E-state index < -0.39 is 29.4 Å². The monoisotopic (exact) mass is 647 g/mol. The summed E-state index contributed by atoms with van der Waals surface area (Å²) in [6.45, 7) is 5.75. The van der Waals surface area contributed by atoms with E-state index in [0.29, 0.717) is 59.5 Å². The summed E-state index contributed by atoms with van der Waals surface area (Å²) in [5.41, 5.74) is 0.809. The molecule has 2 N–H and O–H groups in total. The number of amides is 2. The summed E-state index contributed by atoms with van der Waals surface area (Å²) in [6.07, 6.45) is 0. The third kappa shape index (κ3) is 6.94. The first-order valence-electron chi connectivity index (χ1n) is 14.9. The number of hydrogen-bond donors (Lipinski definition) is 2. The Hall–Kier alpha value is -4.65. The van der Waals surface area contributed by atoms with E-state index in [1.165, 1.54) is 22.0 Å². The molecule has 0 unspecified atom stereocenters. The van der Waals surface area contributed by atoms with Gasteiger partial charge in [0.15, 0.2) is 0 Å². The van der Waals surface area contributed by atoms with E-state index >= 15 is 0 Å². The molecule has 0 fully saturated rings. The Morgan fingerprint density at radius 2 is 1.63 bits per heavy atom. The van der Waals surface area contributed by atoms with Gasteiger partial charge in [0.25, 0.3) is 5.56 Å². The number of nitrogens with one attached hydrogen (secondary N) is 2. The quantitative estimate of drug-likeness (QED) is 0.167. The topological polar surface area (TPSA) is 97.6 Å². The molecule has 5 aromatic rings. The van der Waals surface area contributed by atoms with Crippen LogP contribution in [0.4, 0.5) is 19.3 Å². The van der Waals surface area contributed by atoms with Crippen LogP contribution in [0.15, 0.2) is 82.4 Å². The van der Waals surface area contributed by atoms with Crippen molar-refractivity contribution in [1.29, 1.82) is 0 Å². The molecule has 0 bridgehead atoms. The minimum Gasteiger partial charge on any atom is -0.380 e. The third-order valence-electron chi connectivity index (χ3n) is 7.46. The fourth-order valence-corrected chi connectivity index (χ4v) is 6.50. The molecule has 2 aromatic heterocycles. The summed E-state index contributed by atoms with van der Waals surface area (Å²) >= 11 is 1.21. The minimum atomic E-state index is -0.791. The Balaban J connectivity index is 1.76. The van der Waals surface area contributed by atoms with Crippen LogP contribution in [0.2, 0.25) is 0 Å². The summed E-state index contributed by atoms with van der Waals surface area (Å²) in [7, 11) is 1.91. The van der Waals surface area contributed by atoms with E-state index in [9.17, 15) is 23.2 Å². The average molecular weight is 648 g/mol. The first-order valence-corrected chi connectivity index (χ1v) is 15.8. The van der Waals surface area contributed by atoms with Crippen LogP contribution >= 0.6 is 11.3 Å². The number of nitrogens with zero attached hydrogens (tertiary/aromatic N) is 3. The number of aromatic nitrogens is 2. The van der Waals surface area contributed by atoms with Gasteiger partial charge >= 0.3 is 11.7 Å². The third-order valence-corrected chi connectivity index (χ3v) is 8.76. The van der Waals surface area contributed by atoms with E-state index in [1.54, 1.807) is 42.5 Å². The van der Waals surface area contributed by atoms with E-state index in [2.05, 4.69) is 10.6 Å². The summed E-state index contributed by atoms with van der Waals surface area (Å²) in [6, 6.07) is 18.8. The van der Waals surface area contributed by atoms with Crippen molar-refractivity contribution in [2.75, 3.05) is 38.7 Å². The van der Waals surface area contributed by atoms with Gasteiger partial charge in [0.05, 0.1) is 24.2 Å². The van der Waals surface area contributed by atoms with Gasteiger partial charge in [0, 0.05) is 42.4 Å². The number of carbonyl (C=O) groups excluding carboxylic acids is 1. The smallest absolute Gasteiger partial charge is 0.337 e. The van der Waals surface area contributed by atoms with E-state index in [0.717, 1.165) is 22.3 Å². The Kier molecular flexibility index (Phi) is 10.4. The average Bonchev–Trinajstić information content (AvgIpc) is 3.40. The van der Waals surface area contributed by atoms with Gasteiger partial charge in [-0.2, -0.15) is 0 Å². The maximum atomic E-state index is 14.9. The van der Waals surface area contributed by atoms with Crippen LogP contribution in [0, 0.1) is 11.6 Å². The van der Waals surface area contributed by atoms with Gasteiger partial charge in [0.2, 0.25) is 0 Å². The molecule has 0 spiro atoms. The number of halogens is 2. The number of ether oxygens (including phenoxy) is 1. The molecule has 240 valence electrons. The number of carbonyl (C=O) groups is 1. The number of rotatable bonds is 12. The van der Waals surface area contributed by atoms with Crippen molar-refractivity contribution in [1.82, 2.24) is 19.4 Å². The molecule has 0 saturated heterocycles. The number of anilines is 1. The number of benzene rings is 3. The molecule has 0 saturated carbocycles. The zero-order valence-corrected chi connectivity index (χ0v) is 26.6. The highest BCUT2D eigenvalue weighted by Crippen LogP contribution is 2.38. The van der Waals surface area contributed by atoms with Crippen molar-refractivity contribution in [3.05, 3.63) is 116 Å². The maximum absolute atomic E-state index is 14.9. The van der Waals surface area contributed by atoms with Gasteiger partial charge in [-0.25, -0.2) is 22.9 Å². The van der Waals surface area contributed by atoms with Crippen LogP contribution in [0.1, 0.15) is 25.0 Å². The number of fused-ring (bicyclic) bond motifs is 1. The fraction of sp³-hybridized carbons (Fsp3) is 0.265. The summed E-state index contributed by atoms with van der Waals surface area (Å²) < 4.78 is 37.8. The fourth-order valence-electron chi connectivity index (χ4n) is 5.19. The molecule has 3 aromatic carbocycles. The Morgan fingerprint density at radius 1 is 0.935 bits per heavy atom. The molecule has 0 aliphatic heterocycles. The Labute approximate surface area is 268 Å². The molecule has 2 heterocycles. The number of thiophene rings is 1. The van der Waals surface area contributed by atoms with Crippen LogP contribution in [0.5, 0.6) is 0 Å². The lowest BCUT2D eigenvalue weighted by Crippen LogP contribution is -2.39. The van der Waals surface area contributed by atoms with Crippen LogP contribution in [-0.2, 0) is 17.8 Å². The second-order valence-electron chi connectivity index (χ2n) is 10.6. The van der Waals surface area contributed by atoms with Crippen molar-refractivity contribution in [2.45, 2.75) is 26.9 Å². The first kappa shape index (κ1) is 32.7. The molecule has 2 amide bonds. The Morgan fingerprint density at radius 3 is 2.28 bits per heavy atom. The van der Waals surface area contributed by atoms with Crippen LogP contribution in [0.25, 0.3) is 26.3 Å². The molecule has 12 heteroatoms.